The topological polar surface area (TPSA) is 154 Å². The Labute approximate surface area is 272 Å². The van der Waals surface area contributed by atoms with Crippen molar-refractivity contribution in [1.29, 1.82) is 0 Å². The van der Waals surface area contributed by atoms with Crippen LogP contribution in [0.25, 0.3) is 20.2 Å². The number of likely N-dealkylation sites (N-methyl/N-ethyl adjacent to an activating group) is 1. The predicted molar refractivity (Wildman–Crippen MR) is 179 cm³/mol. The van der Waals surface area contributed by atoms with E-state index < -0.39 is 35.6 Å². The molecule has 46 heavy (non-hydrogen) atoms. The van der Waals surface area contributed by atoms with Gasteiger partial charge in [0.1, 0.15) is 11.8 Å². The summed E-state index contributed by atoms with van der Waals surface area (Å²) in [4.78, 5) is 66.3. The second-order valence-electron chi connectivity index (χ2n) is 10.7. The third kappa shape index (κ3) is 8.14. The van der Waals surface area contributed by atoms with Gasteiger partial charge in [0.05, 0.1) is 16.3 Å². The molecule has 0 saturated carbocycles. The molecule has 0 bridgehead atoms. The van der Waals surface area contributed by atoms with E-state index in [1.54, 1.807) is 24.3 Å². The summed E-state index contributed by atoms with van der Waals surface area (Å²) in [7, 11) is 1.43. The van der Waals surface area contributed by atoms with Crippen LogP contribution in [0.4, 0.5) is 0 Å². The standard InChI is InChI=1S/C34H32N4O6S2/c1-35-31(41)19-37-33(43)25(18-36-34(44)30-17-22-7-3-5-9-28(22)46-30)38-32(42)23(14-20-10-12-24(39)13-11-20)15-26(40)29-16-21-6-2-4-8-27(21)45-29/h2-13,16-17,23,25,39H,14-15,18-19H2,1H3,(H,35,41)(H,36,44)(H,37,43)(H,38,42)/t23-,25-/m1/s1. The van der Waals surface area contributed by atoms with Gasteiger partial charge in [-0.2, -0.15) is 0 Å². The zero-order chi connectivity index (χ0) is 32.6. The summed E-state index contributed by atoms with van der Waals surface area (Å²) in [5.41, 5.74) is 0.709. The van der Waals surface area contributed by atoms with Crippen molar-refractivity contribution in [1.82, 2.24) is 21.3 Å². The zero-order valence-electron chi connectivity index (χ0n) is 24.9. The Balaban J connectivity index is 1.34. The Morgan fingerprint density at radius 3 is 2.00 bits per heavy atom. The zero-order valence-corrected chi connectivity index (χ0v) is 26.5. The third-order valence-corrected chi connectivity index (χ3v) is 9.64. The number of ketones is 1. The number of benzene rings is 3. The summed E-state index contributed by atoms with van der Waals surface area (Å²) in [5, 5.41) is 21.9. The predicted octanol–water partition coefficient (Wildman–Crippen LogP) is 4.03. The van der Waals surface area contributed by atoms with Crippen LogP contribution in [-0.2, 0) is 20.8 Å². The molecule has 0 saturated heterocycles. The number of hydrogen-bond acceptors (Lipinski definition) is 8. The maximum Gasteiger partial charge on any atom is 0.261 e. The SMILES string of the molecule is CNC(=O)CNC(=O)[C@@H](CNC(=O)c1cc2ccccc2s1)NC(=O)[C@@H](CC(=O)c1cc2ccccc2s1)Cc1ccc(O)cc1. The number of fused-ring (bicyclic) bond motifs is 2. The lowest BCUT2D eigenvalue weighted by atomic mass is 9.92. The van der Waals surface area contributed by atoms with E-state index in [1.165, 1.54) is 41.9 Å². The van der Waals surface area contributed by atoms with Gasteiger partial charge in [-0.25, -0.2) is 0 Å². The minimum atomic E-state index is -1.24. The molecule has 0 fully saturated rings. The molecule has 0 unspecified atom stereocenters. The van der Waals surface area contributed by atoms with Crippen LogP contribution in [0.15, 0.2) is 84.9 Å². The van der Waals surface area contributed by atoms with E-state index in [0.717, 1.165) is 20.2 Å². The van der Waals surface area contributed by atoms with Crippen molar-refractivity contribution in [2.24, 2.45) is 5.92 Å². The molecule has 5 N–H and O–H groups in total. The Morgan fingerprint density at radius 1 is 0.761 bits per heavy atom. The molecule has 2 aromatic heterocycles. The molecule has 12 heteroatoms. The summed E-state index contributed by atoms with van der Waals surface area (Å²) in [6.45, 7) is -0.581. The molecule has 0 spiro atoms. The number of thiophene rings is 2. The number of phenols is 1. The highest BCUT2D eigenvalue weighted by Gasteiger charge is 2.29. The molecular weight excluding hydrogens is 625 g/mol. The van der Waals surface area contributed by atoms with E-state index >= 15 is 0 Å². The fraction of sp³-hybridized carbons (Fsp3) is 0.206. The minimum absolute atomic E-state index is 0.0633. The smallest absolute Gasteiger partial charge is 0.261 e. The number of amides is 4. The fourth-order valence-corrected chi connectivity index (χ4v) is 6.86. The third-order valence-electron chi connectivity index (χ3n) is 7.37. The highest BCUT2D eigenvalue weighted by atomic mass is 32.1. The van der Waals surface area contributed by atoms with Gasteiger partial charge in [-0.05, 0) is 59.2 Å². The van der Waals surface area contributed by atoms with E-state index in [0.29, 0.717) is 15.3 Å². The summed E-state index contributed by atoms with van der Waals surface area (Å²) < 4.78 is 1.88. The first kappa shape index (κ1) is 32.3. The van der Waals surface area contributed by atoms with Crippen LogP contribution < -0.4 is 21.3 Å². The normalized spacial score (nSPS) is 12.3. The number of Topliss-reactive ketones (excluding diaryl/α,β-unsaturated/α-hetero) is 1. The molecule has 0 aliphatic heterocycles. The Kier molecular flexibility index (Phi) is 10.4. The largest absolute Gasteiger partial charge is 0.508 e. The van der Waals surface area contributed by atoms with Crippen molar-refractivity contribution in [3.63, 3.8) is 0 Å². The summed E-state index contributed by atoms with van der Waals surface area (Å²) >= 11 is 2.65. The number of aromatic hydroxyl groups is 1. The van der Waals surface area contributed by atoms with Crippen LogP contribution in [0.3, 0.4) is 0 Å². The van der Waals surface area contributed by atoms with Crippen LogP contribution in [0.1, 0.15) is 31.3 Å². The van der Waals surface area contributed by atoms with Gasteiger partial charge >= 0.3 is 0 Å². The molecule has 0 aliphatic rings. The summed E-state index contributed by atoms with van der Waals surface area (Å²) in [5.74, 6) is -3.14. The van der Waals surface area contributed by atoms with Crippen LogP contribution in [0.2, 0.25) is 0 Å². The molecule has 5 rings (SSSR count). The molecule has 2 atom stereocenters. The highest BCUT2D eigenvalue weighted by Crippen LogP contribution is 2.28. The van der Waals surface area contributed by atoms with Crippen molar-refractivity contribution in [3.05, 3.63) is 100 Å². The van der Waals surface area contributed by atoms with Crippen LogP contribution in [0, 0.1) is 5.92 Å². The van der Waals surface area contributed by atoms with Gasteiger partial charge in [0.2, 0.25) is 17.7 Å². The van der Waals surface area contributed by atoms with Gasteiger partial charge in [-0.15, -0.1) is 22.7 Å². The lowest BCUT2D eigenvalue weighted by Gasteiger charge is -2.22. The van der Waals surface area contributed by atoms with Gasteiger partial charge in [-0.1, -0.05) is 48.5 Å². The van der Waals surface area contributed by atoms with E-state index in [-0.39, 0.29) is 37.5 Å². The molecule has 3 aromatic carbocycles. The average Bonchev–Trinajstić information content (AvgIpc) is 3.71. The fourth-order valence-electron chi connectivity index (χ4n) is 4.87. The maximum absolute atomic E-state index is 13.8. The second-order valence-corrected chi connectivity index (χ2v) is 12.8. The lowest BCUT2D eigenvalue weighted by molar-refractivity contribution is -0.131. The lowest BCUT2D eigenvalue weighted by Crippen LogP contribution is -2.55. The van der Waals surface area contributed by atoms with Crippen molar-refractivity contribution in [3.8, 4) is 5.75 Å². The molecule has 236 valence electrons. The first-order chi connectivity index (χ1) is 22.2. The summed E-state index contributed by atoms with van der Waals surface area (Å²) in [6, 6.07) is 23.8. The monoisotopic (exact) mass is 656 g/mol. The first-order valence-electron chi connectivity index (χ1n) is 14.6. The van der Waals surface area contributed by atoms with Gasteiger partial charge < -0.3 is 26.4 Å². The molecule has 2 heterocycles. The quantitative estimate of drug-likeness (QED) is 0.121. The van der Waals surface area contributed by atoms with Gasteiger partial charge in [-0.3, -0.25) is 24.0 Å². The van der Waals surface area contributed by atoms with Crippen LogP contribution in [-0.4, -0.2) is 60.7 Å². The molecular formula is C34H32N4O6S2. The number of phenolic OH excluding ortho intramolecular Hbond substituents is 1. The number of carbonyl (C=O) groups excluding carboxylic acids is 5. The molecule has 0 radical (unpaired) electrons. The average molecular weight is 657 g/mol. The molecule has 0 aliphatic carbocycles. The van der Waals surface area contributed by atoms with E-state index in [1.807, 2.05) is 48.5 Å². The number of hydrogen-bond donors (Lipinski definition) is 5. The van der Waals surface area contributed by atoms with Gasteiger partial charge in [0, 0.05) is 35.3 Å². The first-order valence-corrected chi connectivity index (χ1v) is 16.2. The van der Waals surface area contributed by atoms with E-state index in [4.69, 9.17) is 0 Å². The van der Waals surface area contributed by atoms with E-state index in [2.05, 4.69) is 21.3 Å². The molecule has 4 amide bonds. The van der Waals surface area contributed by atoms with Gasteiger partial charge in [0.15, 0.2) is 5.78 Å². The minimum Gasteiger partial charge on any atom is -0.508 e. The molecule has 5 aromatic rings. The number of nitrogens with one attached hydrogen (secondary N) is 4. The van der Waals surface area contributed by atoms with Crippen molar-refractivity contribution in [2.45, 2.75) is 18.9 Å². The number of carbonyl (C=O) groups is 5. The Bertz CT molecular complexity index is 1830. The van der Waals surface area contributed by atoms with Crippen molar-refractivity contribution < 1.29 is 29.1 Å². The van der Waals surface area contributed by atoms with Gasteiger partial charge in [0.25, 0.3) is 5.91 Å². The van der Waals surface area contributed by atoms with Crippen LogP contribution >= 0.6 is 22.7 Å². The second kappa shape index (κ2) is 14.8. The summed E-state index contributed by atoms with van der Waals surface area (Å²) in [6.07, 6.45) is 0.0176. The van der Waals surface area contributed by atoms with Crippen LogP contribution in [0.5, 0.6) is 5.75 Å². The Morgan fingerprint density at radius 2 is 1.37 bits per heavy atom. The maximum atomic E-state index is 13.8. The molecule has 10 nitrogen and oxygen atoms in total. The number of rotatable bonds is 13. The highest BCUT2D eigenvalue weighted by molar-refractivity contribution is 7.21. The van der Waals surface area contributed by atoms with Crippen molar-refractivity contribution >= 4 is 72.3 Å². The Hall–Kier alpha value is -5.07. The van der Waals surface area contributed by atoms with E-state index in [9.17, 15) is 29.1 Å². The van der Waals surface area contributed by atoms with Crippen molar-refractivity contribution in [2.75, 3.05) is 20.1 Å².